The van der Waals surface area contributed by atoms with Crippen LogP contribution in [0, 0.1) is 6.92 Å². The van der Waals surface area contributed by atoms with Crippen molar-refractivity contribution >= 4 is 23.2 Å². The van der Waals surface area contributed by atoms with E-state index < -0.39 is 0 Å². The van der Waals surface area contributed by atoms with E-state index in [2.05, 4.69) is 52.5 Å². The van der Waals surface area contributed by atoms with Crippen molar-refractivity contribution in [2.45, 2.75) is 45.9 Å². The summed E-state index contributed by atoms with van der Waals surface area (Å²) in [4.78, 5) is 35.8. The number of aryl methyl sites for hydroxylation is 1. The lowest BCUT2D eigenvalue weighted by Gasteiger charge is -2.38. The average molecular weight is 527 g/mol. The smallest absolute Gasteiger partial charge is 0.271 e. The number of fused-ring (bicyclic) bond motifs is 1. The first-order valence-electron chi connectivity index (χ1n) is 12.7. The second kappa shape index (κ2) is 11.6. The first-order chi connectivity index (χ1) is 18.5. The van der Waals surface area contributed by atoms with Crippen molar-refractivity contribution in [3.8, 4) is 5.75 Å². The van der Waals surface area contributed by atoms with Gasteiger partial charge in [-0.2, -0.15) is 0 Å². The molecule has 0 unspecified atom stereocenters. The van der Waals surface area contributed by atoms with Gasteiger partial charge >= 0.3 is 0 Å². The van der Waals surface area contributed by atoms with E-state index in [1.807, 2.05) is 36.1 Å². The minimum Gasteiger partial charge on any atom is -0.486 e. The van der Waals surface area contributed by atoms with E-state index in [9.17, 15) is 9.59 Å². The second-order valence-corrected chi connectivity index (χ2v) is 10.3. The number of nitrogens with one attached hydrogen (secondary N) is 1. The highest BCUT2D eigenvalue weighted by Crippen LogP contribution is 2.37. The molecule has 0 spiro atoms. The molecule has 4 aromatic rings. The summed E-state index contributed by atoms with van der Waals surface area (Å²) in [6.07, 6.45) is 4.68. The Labute approximate surface area is 226 Å². The van der Waals surface area contributed by atoms with E-state index in [-0.39, 0.29) is 24.5 Å². The maximum absolute atomic E-state index is 12.9. The summed E-state index contributed by atoms with van der Waals surface area (Å²) in [5, 5.41) is 5.35. The monoisotopic (exact) mass is 526 g/mol. The third kappa shape index (κ3) is 5.75. The molecular weight excluding hydrogens is 496 g/mol. The Kier molecular flexibility index (Phi) is 7.79. The van der Waals surface area contributed by atoms with Gasteiger partial charge in [0.25, 0.3) is 5.91 Å². The summed E-state index contributed by atoms with van der Waals surface area (Å²) >= 11 is 1.39. The van der Waals surface area contributed by atoms with Gasteiger partial charge in [-0.25, -0.2) is 4.98 Å². The average Bonchev–Trinajstić information content (AvgIpc) is 3.44. The molecule has 2 aromatic carbocycles. The fourth-order valence-electron chi connectivity index (χ4n) is 4.66. The number of hydrogen-bond acceptors (Lipinski definition) is 6. The van der Waals surface area contributed by atoms with Gasteiger partial charge in [-0.15, -0.1) is 11.3 Å². The topological polar surface area (TPSA) is 84.4 Å². The van der Waals surface area contributed by atoms with Crippen molar-refractivity contribution in [3.05, 3.63) is 111 Å². The van der Waals surface area contributed by atoms with Crippen LogP contribution in [0.15, 0.2) is 72.4 Å². The van der Waals surface area contributed by atoms with Crippen LogP contribution in [-0.4, -0.2) is 33.2 Å². The predicted octanol–water partition coefficient (Wildman–Crippen LogP) is 5.24. The van der Waals surface area contributed by atoms with Gasteiger partial charge < -0.3 is 15.0 Å². The molecule has 38 heavy (non-hydrogen) atoms. The Balaban J connectivity index is 1.29. The molecule has 2 amide bonds. The highest BCUT2D eigenvalue weighted by molar-refractivity contribution is 7.09. The van der Waals surface area contributed by atoms with Crippen molar-refractivity contribution in [2.75, 3.05) is 6.54 Å². The summed E-state index contributed by atoms with van der Waals surface area (Å²) in [5.74, 6) is 0.635. The fourth-order valence-corrected chi connectivity index (χ4v) is 5.35. The van der Waals surface area contributed by atoms with Gasteiger partial charge in [0, 0.05) is 37.3 Å². The van der Waals surface area contributed by atoms with Crippen LogP contribution in [0.1, 0.15) is 62.7 Å². The molecule has 0 aliphatic carbocycles. The van der Waals surface area contributed by atoms with Gasteiger partial charge in [-0.05, 0) is 59.9 Å². The molecule has 7 nitrogen and oxygen atoms in total. The Morgan fingerprint density at radius 3 is 2.66 bits per heavy atom. The van der Waals surface area contributed by atoms with E-state index in [0.717, 1.165) is 28.1 Å². The van der Waals surface area contributed by atoms with Crippen molar-refractivity contribution in [2.24, 2.45) is 0 Å². The maximum atomic E-state index is 12.9. The number of hydrogen-bond donors (Lipinski definition) is 1. The van der Waals surface area contributed by atoms with E-state index >= 15 is 0 Å². The van der Waals surface area contributed by atoms with E-state index in [0.29, 0.717) is 31.0 Å². The van der Waals surface area contributed by atoms with Crippen molar-refractivity contribution < 1.29 is 14.3 Å². The highest BCUT2D eigenvalue weighted by atomic mass is 32.1. The second-order valence-electron chi connectivity index (χ2n) is 9.32. The number of pyridine rings is 1. The maximum Gasteiger partial charge on any atom is 0.271 e. The van der Waals surface area contributed by atoms with Crippen molar-refractivity contribution in [3.63, 3.8) is 0 Å². The minimum absolute atomic E-state index is 0.144. The van der Waals surface area contributed by atoms with Crippen LogP contribution < -0.4 is 10.1 Å². The number of amides is 2. The Bertz CT molecular complexity index is 1420. The number of aromatic nitrogens is 2. The molecular formula is C30H30N4O3S. The van der Waals surface area contributed by atoms with E-state index in [1.54, 1.807) is 17.8 Å². The molecule has 5 rings (SSSR count). The number of nitrogens with zero attached hydrogens (tertiary/aromatic N) is 3. The lowest BCUT2D eigenvalue weighted by Crippen LogP contribution is -2.40. The van der Waals surface area contributed by atoms with Gasteiger partial charge in [-0.1, -0.05) is 42.8 Å². The normalized spacial score (nSPS) is 14.6. The quantitative estimate of drug-likeness (QED) is 0.339. The van der Waals surface area contributed by atoms with Crippen molar-refractivity contribution in [1.29, 1.82) is 0 Å². The zero-order valence-corrected chi connectivity index (χ0v) is 22.3. The Morgan fingerprint density at radius 2 is 1.89 bits per heavy atom. The predicted molar refractivity (Wildman–Crippen MR) is 147 cm³/mol. The minimum atomic E-state index is -0.222. The SMILES string of the molecule is CCC(=O)N1CCc2ccc(OCc3nc(C(=O)NCc4ccncc4)cs3)cc2[C@@H]1c1ccc(C)cc1. The molecule has 3 heterocycles. The molecule has 0 saturated heterocycles. The highest BCUT2D eigenvalue weighted by Gasteiger charge is 2.31. The molecule has 1 N–H and O–H groups in total. The fraction of sp³-hybridized carbons (Fsp3) is 0.267. The first-order valence-corrected chi connectivity index (χ1v) is 13.6. The van der Waals surface area contributed by atoms with Gasteiger partial charge in [-0.3, -0.25) is 14.6 Å². The molecule has 1 aliphatic rings. The Hall–Kier alpha value is -4.04. The zero-order valence-electron chi connectivity index (χ0n) is 21.5. The standard InChI is InChI=1S/C30H30N4O3S/c1-3-28(35)34-15-12-22-8-9-24(16-25(22)29(34)23-6-4-20(2)5-7-23)37-18-27-33-26(19-38-27)30(36)32-17-21-10-13-31-14-11-21/h4-11,13-14,16,19,29H,3,12,15,17-18H2,1-2H3,(H,32,36)/t29-/m0/s1. The van der Waals surface area contributed by atoms with Gasteiger partial charge in [0.2, 0.25) is 5.91 Å². The van der Waals surface area contributed by atoms with Crippen LogP contribution >= 0.6 is 11.3 Å². The number of rotatable bonds is 8. The summed E-state index contributed by atoms with van der Waals surface area (Å²) in [7, 11) is 0. The number of benzene rings is 2. The molecule has 194 valence electrons. The summed E-state index contributed by atoms with van der Waals surface area (Å²) in [6, 6.07) is 18.1. The van der Waals surface area contributed by atoms with Gasteiger partial charge in [0.15, 0.2) is 0 Å². The lowest BCUT2D eigenvalue weighted by molar-refractivity contribution is -0.132. The van der Waals surface area contributed by atoms with Crippen LogP contribution in [-0.2, 0) is 24.4 Å². The molecule has 0 bridgehead atoms. The van der Waals surface area contributed by atoms with Gasteiger partial charge in [0.1, 0.15) is 23.1 Å². The third-order valence-corrected chi connectivity index (χ3v) is 7.53. The van der Waals surface area contributed by atoms with Crippen LogP contribution in [0.5, 0.6) is 5.75 Å². The van der Waals surface area contributed by atoms with Crippen LogP contribution in [0.2, 0.25) is 0 Å². The van der Waals surface area contributed by atoms with Crippen LogP contribution in [0.4, 0.5) is 0 Å². The molecule has 0 saturated carbocycles. The summed E-state index contributed by atoms with van der Waals surface area (Å²) in [5.41, 5.74) is 5.95. The van der Waals surface area contributed by atoms with Crippen LogP contribution in [0.3, 0.4) is 0 Å². The van der Waals surface area contributed by atoms with Gasteiger partial charge in [0.05, 0.1) is 6.04 Å². The number of thiazole rings is 1. The number of carbonyl (C=O) groups excluding carboxylic acids is 2. The molecule has 1 aliphatic heterocycles. The number of carbonyl (C=O) groups is 2. The lowest BCUT2D eigenvalue weighted by atomic mass is 9.87. The molecule has 0 fully saturated rings. The number of ether oxygens (including phenoxy) is 1. The molecule has 0 radical (unpaired) electrons. The molecule has 2 aromatic heterocycles. The van der Waals surface area contributed by atoms with Crippen LogP contribution in [0.25, 0.3) is 0 Å². The zero-order chi connectivity index (χ0) is 26.5. The molecule has 8 heteroatoms. The summed E-state index contributed by atoms with van der Waals surface area (Å²) < 4.78 is 6.11. The largest absolute Gasteiger partial charge is 0.486 e. The Morgan fingerprint density at radius 1 is 1.11 bits per heavy atom. The van der Waals surface area contributed by atoms with E-state index in [1.165, 1.54) is 22.5 Å². The summed E-state index contributed by atoms with van der Waals surface area (Å²) in [6.45, 7) is 5.34. The van der Waals surface area contributed by atoms with Crippen molar-refractivity contribution in [1.82, 2.24) is 20.2 Å². The molecule has 1 atom stereocenters. The third-order valence-electron chi connectivity index (χ3n) is 6.71. The first kappa shape index (κ1) is 25.6. The van der Waals surface area contributed by atoms with E-state index in [4.69, 9.17) is 4.74 Å².